The molecule has 0 radical (unpaired) electrons. The van der Waals surface area contributed by atoms with Crippen molar-refractivity contribution in [3.05, 3.63) is 183 Å². The van der Waals surface area contributed by atoms with Crippen LogP contribution in [0.1, 0.15) is 164 Å². The Morgan fingerprint density at radius 3 is 1.08 bits per heavy atom. The number of carboxylic acid groups (broad SMARTS) is 1. The fourth-order valence-corrected chi connectivity index (χ4v) is 12.9. The molecule has 4 aromatic carbocycles. The van der Waals surface area contributed by atoms with Gasteiger partial charge in [0.15, 0.2) is 0 Å². The van der Waals surface area contributed by atoms with Crippen LogP contribution in [0.3, 0.4) is 0 Å². The third kappa shape index (κ3) is 23.1. The third-order valence-corrected chi connectivity index (χ3v) is 17.9. The zero-order valence-electron chi connectivity index (χ0n) is 60.2. The van der Waals surface area contributed by atoms with Crippen LogP contribution < -0.4 is 40.6 Å². The molecule has 2 unspecified atom stereocenters. The number of esters is 1. The molecule has 4 heterocycles. The summed E-state index contributed by atoms with van der Waals surface area (Å²) in [6.07, 6.45) is -20.4. The van der Waals surface area contributed by atoms with E-state index in [0.29, 0.717) is 42.9 Å². The molecule has 15 nitrogen and oxygen atoms in total. The molecule has 0 spiro atoms. The second kappa shape index (κ2) is 38.5. The van der Waals surface area contributed by atoms with Crippen molar-refractivity contribution in [1.82, 2.24) is 29.6 Å². The number of pyridine rings is 2. The Bertz CT molecular complexity index is 4290. The summed E-state index contributed by atoms with van der Waals surface area (Å²) in [7, 11) is 0. The summed E-state index contributed by atoms with van der Waals surface area (Å²) in [5.74, 6) is -15.5. The zero-order valence-corrected chi connectivity index (χ0v) is 62.2. The van der Waals surface area contributed by atoms with Crippen molar-refractivity contribution in [3.8, 4) is 22.3 Å². The quantitative estimate of drug-likeness (QED) is 0.0280. The minimum Gasteiger partial charge on any atom is -0.870 e. The van der Waals surface area contributed by atoms with E-state index in [1.165, 1.54) is 34.6 Å². The molecule has 2 fully saturated rings. The van der Waals surface area contributed by atoms with Gasteiger partial charge < -0.3 is 44.9 Å². The number of benzene rings is 4. The first kappa shape index (κ1) is 94.8. The van der Waals surface area contributed by atoms with E-state index in [-0.39, 0.29) is 153 Å². The molecule has 2 amide bonds. The molecule has 592 valence electrons. The summed E-state index contributed by atoms with van der Waals surface area (Å²) in [6, 6.07) is -3.01. The van der Waals surface area contributed by atoms with Gasteiger partial charge in [0.05, 0.1) is 53.8 Å². The Morgan fingerprint density at radius 1 is 0.500 bits per heavy atom. The summed E-state index contributed by atoms with van der Waals surface area (Å²) < 4.78 is 269. The Morgan fingerprint density at radius 2 is 0.815 bits per heavy atom. The standard InChI is InChI=1S/C37H40F9N3O4.C35H36F9N3O4.Li.H2O.2H2S/c1-6-53-30(51)17-27(32-33(39)24(15-26(34(32)40)37(44,45)46)31-20(4)13-23(38)14-21(31)5)47-35(52)28(12-19(2)3)49-18-22(8-11-48-9-7-10-48)25(16-29(49)50)36(41,42)43;1-17(2)10-26(47-16-20(6-9-46-7-5-8-46)23(14-27(47)48)34(39,40)41)33(51)45-25(15-28(49)50)30-31(37)22(13-24(32(30)38)35(42,43)44)29-18(3)11-21(36)12-19(29)4;;;;/h13-16,18-19,27-28H,6-12,17H2,1-5H3,(H,47,52);11-14,16-17,25-26H,5-10,15H2,1-4H3,(H,45,51)(H,49,50);;3*1H2/q;;+1;;;/p-1/t27-,28?;25-,26?;;;;/m00..../s1. The van der Waals surface area contributed by atoms with E-state index < -0.39 is 188 Å². The molecule has 2 aliphatic heterocycles. The molecular weight excluding hydrogens is 1510 g/mol. The summed E-state index contributed by atoms with van der Waals surface area (Å²) in [6.45, 7) is 15.9. The number of hydrogen-bond donors (Lipinski definition) is 3. The van der Waals surface area contributed by atoms with Crippen molar-refractivity contribution in [2.45, 2.75) is 163 Å². The van der Waals surface area contributed by atoms with E-state index in [4.69, 9.17) is 4.74 Å². The Kier molecular flexibility index (Phi) is 33.8. The number of carbonyl (C=O) groups is 4. The van der Waals surface area contributed by atoms with Gasteiger partial charge in [-0.3, -0.25) is 28.8 Å². The Labute approximate surface area is 635 Å². The number of amides is 2. The zero-order chi connectivity index (χ0) is 77.7. The number of carbonyl (C=O) groups excluding carboxylic acids is 3. The van der Waals surface area contributed by atoms with Crippen LogP contribution in [-0.2, 0) is 61.5 Å². The van der Waals surface area contributed by atoms with Crippen LogP contribution >= 0.6 is 27.0 Å². The number of carboxylic acids is 1. The molecule has 6 aromatic rings. The summed E-state index contributed by atoms with van der Waals surface area (Å²) in [5.41, 5.74) is -14.4. The molecule has 2 aromatic heterocycles. The molecule has 36 heteroatoms. The minimum absolute atomic E-state index is 0. The van der Waals surface area contributed by atoms with Gasteiger partial charge in [-0.2, -0.15) is 79.7 Å². The number of halogens is 18. The maximum Gasteiger partial charge on any atom is 1.00 e. The van der Waals surface area contributed by atoms with Gasteiger partial charge in [-0.25, -0.2) is 26.3 Å². The van der Waals surface area contributed by atoms with Crippen LogP contribution in [0, 0.1) is 74.4 Å². The molecular formula is C72H81F18LiN6O9S2. The van der Waals surface area contributed by atoms with Crippen LogP contribution in [0.4, 0.5) is 79.0 Å². The molecule has 2 aliphatic rings. The first-order valence-corrected chi connectivity index (χ1v) is 33.0. The van der Waals surface area contributed by atoms with Gasteiger partial charge in [0.25, 0.3) is 11.1 Å². The first-order chi connectivity index (χ1) is 48.2. The fourth-order valence-electron chi connectivity index (χ4n) is 12.9. The monoisotopic (exact) mass is 1590 g/mol. The van der Waals surface area contributed by atoms with Gasteiger partial charge in [-0.15, -0.1) is 0 Å². The normalized spacial score (nSPS) is 14.5. The maximum absolute atomic E-state index is 16.6. The van der Waals surface area contributed by atoms with Gasteiger partial charge in [0.1, 0.15) is 47.0 Å². The topological polar surface area (TPSA) is 202 Å². The van der Waals surface area contributed by atoms with Crippen LogP contribution in [0.5, 0.6) is 0 Å². The van der Waals surface area contributed by atoms with E-state index in [2.05, 4.69) is 10.6 Å². The maximum atomic E-state index is 16.6. The first-order valence-electron chi connectivity index (χ1n) is 33.0. The second-order valence-corrected chi connectivity index (χ2v) is 26.7. The number of rotatable bonds is 25. The van der Waals surface area contributed by atoms with Crippen LogP contribution in [0.15, 0.2) is 70.5 Å². The summed E-state index contributed by atoms with van der Waals surface area (Å²) >= 11 is 0. The van der Waals surface area contributed by atoms with Gasteiger partial charge in [-0.05, 0) is 192 Å². The van der Waals surface area contributed by atoms with E-state index in [9.17, 15) is 95.3 Å². The van der Waals surface area contributed by atoms with E-state index >= 15 is 17.6 Å². The SMILES string of the molecule is CCOC(=O)C[C@H](NC(=O)C(CC(C)C)n1cc(CCN2CCC2)c(C(F)(F)F)cc1=O)c1c(F)c(-c2c(C)cc(F)cc2C)cc(C(F)(F)F)c1F.Cc1cc(F)cc(C)c1-c1cc(C(F)(F)F)c(F)c([C@H](CC(=O)O)NC(=O)C(CC(C)C)n2cc(CCN3CCC3)c(C(F)(F)F)cc2=O)c1F.S.S.[Li+].[OH-]. The number of likely N-dealkylation sites (tertiary alicyclic amines) is 2. The number of aryl methyl sites for hydroxylation is 4. The van der Waals surface area contributed by atoms with Crippen molar-refractivity contribution in [2.24, 2.45) is 11.8 Å². The third-order valence-electron chi connectivity index (χ3n) is 17.9. The number of aromatic nitrogens is 2. The van der Waals surface area contributed by atoms with Crippen LogP contribution in [0.25, 0.3) is 22.3 Å². The molecule has 0 aliphatic carbocycles. The minimum atomic E-state index is -5.44. The molecule has 4 atom stereocenters. The predicted octanol–water partition coefficient (Wildman–Crippen LogP) is 13.0. The number of alkyl halides is 12. The van der Waals surface area contributed by atoms with E-state index in [0.717, 1.165) is 54.1 Å². The number of ether oxygens (including phenoxy) is 1. The summed E-state index contributed by atoms with van der Waals surface area (Å²) in [5, 5.41) is 14.0. The van der Waals surface area contributed by atoms with Gasteiger partial charge in [-0.1, -0.05) is 27.7 Å². The van der Waals surface area contributed by atoms with Crippen LogP contribution in [-0.4, -0.2) is 99.1 Å². The number of aliphatic carboxylic acids is 1. The average Bonchev–Trinajstić information content (AvgIpc) is 0.749. The van der Waals surface area contributed by atoms with Gasteiger partial charge in [0, 0.05) is 59.9 Å². The van der Waals surface area contributed by atoms with Gasteiger partial charge >= 0.3 is 55.5 Å². The number of hydrogen-bond acceptors (Lipinski definition) is 10. The largest absolute Gasteiger partial charge is 1.00 e. The van der Waals surface area contributed by atoms with Crippen molar-refractivity contribution in [3.63, 3.8) is 0 Å². The van der Waals surface area contributed by atoms with Crippen molar-refractivity contribution in [2.75, 3.05) is 45.9 Å². The average molecular weight is 1590 g/mol. The number of nitrogens with one attached hydrogen (secondary N) is 2. The van der Waals surface area contributed by atoms with E-state index in [1.54, 1.807) is 27.7 Å². The molecule has 0 bridgehead atoms. The molecule has 0 saturated carbocycles. The molecule has 4 N–H and O–H groups in total. The fraction of sp³-hybridized carbons (Fsp3) is 0.472. The van der Waals surface area contributed by atoms with Crippen molar-refractivity contribution in [1.29, 1.82) is 0 Å². The smallest absolute Gasteiger partial charge is 0.870 e. The Balaban J connectivity index is 0.000000541. The predicted molar refractivity (Wildman–Crippen MR) is 368 cm³/mol. The molecule has 108 heavy (non-hydrogen) atoms. The van der Waals surface area contributed by atoms with E-state index in [1.807, 2.05) is 9.80 Å². The molecule has 8 rings (SSSR count). The van der Waals surface area contributed by atoms with Crippen molar-refractivity contribution < 1.29 is 132 Å². The molecule has 2 saturated heterocycles. The summed E-state index contributed by atoms with van der Waals surface area (Å²) in [4.78, 5) is 83.0. The Hall–Kier alpha value is -7.42. The second-order valence-electron chi connectivity index (χ2n) is 26.7. The van der Waals surface area contributed by atoms with Gasteiger partial charge in [0.2, 0.25) is 11.8 Å². The van der Waals surface area contributed by atoms with Crippen molar-refractivity contribution >= 4 is 50.7 Å². The van der Waals surface area contributed by atoms with Crippen LogP contribution in [0.2, 0.25) is 0 Å². The number of nitrogens with zero attached hydrogens (tertiary/aromatic N) is 4.